The van der Waals surface area contributed by atoms with Gasteiger partial charge in [-0.15, -0.1) is 0 Å². The molecule has 1 heterocycles. The number of aliphatic imine (C=N–C) groups is 2. The van der Waals surface area contributed by atoms with Crippen molar-refractivity contribution in [3.63, 3.8) is 0 Å². The van der Waals surface area contributed by atoms with Crippen molar-refractivity contribution in [2.24, 2.45) is 9.98 Å². The highest BCUT2D eigenvalue weighted by atomic mass is 16.6. The predicted octanol–water partition coefficient (Wildman–Crippen LogP) is 5.90. The van der Waals surface area contributed by atoms with Crippen molar-refractivity contribution in [2.45, 2.75) is 90.9 Å². The molecule has 0 fully saturated rings. The lowest BCUT2D eigenvalue weighted by molar-refractivity contribution is -0.154. The van der Waals surface area contributed by atoms with E-state index in [2.05, 4.69) is 5.32 Å². The number of fused-ring (bicyclic) bond motifs is 1. The zero-order valence-electron chi connectivity index (χ0n) is 21.7. The Morgan fingerprint density at radius 3 is 2.31 bits per heavy atom. The van der Waals surface area contributed by atoms with Gasteiger partial charge >= 0.3 is 12.1 Å². The number of carbonyl (C=O) groups excluding carboxylic acids is 2. The molecule has 0 spiro atoms. The topological polar surface area (TPSA) is 89.3 Å². The Labute approximate surface area is 208 Å². The highest BCUT2D eigenvalue weighted by Gasteiger charge is 2.28. The summed E-state index contributed by atoms with van der Waals surface area (Å²) < 4.78 is 10.8. The van der Waals surface area contributed by atoms with Gasteiger partial charge in [-0.1, -0.05) is 30.3 Å². The lowest BCUT2D eigenvalue weighted by atomic mass is 9.95. The fourth-order valence-corrected chi connectivity index (χ4v) is 3.84. The van der Waals surface area contributed by atoms with Crippen molar-refractivity contribution in [1.29, 1.82) is 0 Å². The maximum absolute atomic E-state index is 12.2. The van der Waals surface area contributed by atoms with Crippen LogP contribution in [0.5, 0.6) is 0 Å². The van der Waals surface area contributed by atoms with Crippen LogP contribution < -0.4 is 5.32 Å². The van der Waals surface area contributed by atoms with Crippen LogP contribution in [0.4, 0.5) is 4.79 Å². The van der Waals surface area contributed by atoms with Gasteiger partial charge in [0.2, 0.25) is 0 Å². The third-order valence-electron chi connectivity index (χ3n) is 5.21. The number of benzene rings is 1. The van der Waals surface area contributed by atoms with Crippen LogP contribution in [-0.2, 0) is 14.3 Å². The smallest absolute Gasteiger partial charge is 0.411 e. The monoisotopic (exact) mass is 479 g/mol. The number of allylic oxidation sites excluding steroid dienone is 2. The number of hydrogen-bond donors (Lipinski definition) is 1. The molecule has 0 radical (unpaired) electrons. The molecule has 1 aliphatic heterocycles. The van der Waals surface area contributed by atoms with E-state index in [1.165, 1.54) is 0 Å². The first-order valence-corrected chi connectivity index (χ1v) is 12.2. The maximum Gasteiger partial charge on any atom is 0.411 e. The Morgan fingerprint density at radius 2 is 1.66 bits per heavy atom. The molecule has 1 aromatic carbocycles. The van der Waals surface area contributed by atoms with Crippen molar-refractivity contribution in [3.05, 3.63) is 59.4 Å². The molecule has 1 unspecified atom stereocenters. The van der Waals surface area contributed by atoms with E-state index in [4.69, 9.17) is 19.5 Å². The summed E-state index contributed by atoms with van der Waals surface area (Å²) in [6.07, 6.45) is 6.44. The summed E-state index contributed by atoms with van der Waals surface area (Å²) in [6, 6.07) is 9.85. The largest absolute Gasteiger partial charge is 0.460 e. The van der Waals surface area contributed by atoms with Gasteiger partial charge in [0.15, 0.2) is 0 Å². The minimum atomic E-state index is -0.565. The molecule has 188 valence electrons. The quantitative estimate of drug-likeness (QED) is 0.390. The average molecular weight is 480 g/mol. The van der Waals surface area contributed by atoms with Crippen molar-refractivity contribution >= 4 is 23.5 Å². The lowest BCUT2D eigenvalue weighted by Gasteiger charge is -2.27. The number of alkyl carbamates (subject to hydrolysis) is 1. The molecule has 1 aromatic rings. The summed E-state index contributed by atoms with van der Waals surface area (Å²) in [5, 5.41) is 2.84. The van der Waals surface area contributed by atoms with Gasteiger partial charge in [-0.05, 0) is 73.0 Å². The standard InChI is InChI=1S/C28H37N3O4/c1-27(2,3)34-24(32)15-11-10-14-22-25(19-12-8-7-9-13-19)31-21-17-16-20(18-23(21)30-22)29-26(33)35-28(4,5)6/h7-9,12-13,16-17,23H,10-11,14-15,18H2,1-6H3,(H,29,33). The van der Waals surface area contributed by atoms with Crippen LogP contribution in [0.25, 0.3) is 0 Å². The normalized spacial score (nSPS) is 17.8. The predicted molar refractivity (Wildman–Crippen MR) is 139 cm³/mol. The minimum absolute atomic E-state index is 0.168. The number of nitrogens with zero attached hydrogens (tertiary/aromatic N) is 2. The average Bonchev–Trinajstić information content (AvgIpc) is 2.74. The molecule has 0 bridgehead atoms. The number of amides is 1. The molecule has 0 saturated carbocycles. The van der Waals surface area contributed by atoms with Crippen molar-refractivity contribution in [3.8, 4) is 0 Å². The number of rotatable bonds is 7. The minimum Gasteiger partial charge on any atom is -0.460 e. The van der Waals surface area contributed by atoms with Gasteiger partial charge < -0.3 is 9.47 Å². The Morgan fingerprint density at radius 1 is 0.971 bits per heavy atom. The molecule has 7 heteroatoms. The van der Waals surface area contributed by atoms with E-state index in [1.807, 2.05) is 84.0 Å². The third-order valence-corrected chi connectivity index (χ3v) is 5.21. The molecule has 1 amide bonds. The first kappa shape index (κ1) is 26.4. The number of hydrogen-bond acceptors (Lipinski definition) is 6. The summed E-state index contributed by atoms with van der Waals surface area (Å²) in [5.74, 6) is -0.180. The molecule has 1 atom stereocenters. The molecular weight excluding hydrogens is 442 g/mol. The van der Waals surface area contributed by atoms with Gasteiger partial charge in [-0.25, -0.2) is 9.79 Å². The number of unbranched alkanes of at least 4 members (excludes halogenated alkanes) is 1. The highest BCUT2D eigenvalue weighted by molar-refractivity contribution is 6.49. The second-order valence-corrected chi connectivity index (χ2v) is 10.8. The van der Waals surface area contributed by atoms with Crippen LogP contribution in [0.2, 0.25) is 0 Å². The zero-order chi connectivity index (χ0) is 25.6. The van der Waals surface area contributed by atoms with E-state index in [-0.39, 0.29) is 12.0 Å². The van der Waals surface area contributed by atoms with Gasteiger partial charge in [0.25, 0.3) is 0 Å². The van der Waals surface area contributed by atoms with Crippen molar-refractivity contribution < 1.29 is 19.1 Å². The lowest BCUT2D eigenvalue weighted by Crippen LogP contribution is -2.34. The van der Waals surface area contributed by atoms with E-state index >= 15 is 0 Å². The molecule has 3 rings (SSSR count). The molecule has 35 heavy (non-hydrogen) atoms. The van der Waals surface area contributed by atoms with Gasteiger partial charge in [0, 0.05) is 24.1 Å². The van der Waals surface area contributed by atoms with Crippen LogP contribution in [0, 0.1) is 0 Å². The van der Waals surface area contributed by atoms with Crippen molar-refractivity contribution in [2.75, 3.05) is 0 Å². The first-order chi connectivity index (χ1) is 16.4. The third kappa shape index (κ3) is 8.50. The summed E-state index contributed by atoms with van der Waals surface area (Å²) in [4.78, 5) is 34.3. The number of esters is 1. The van der Waals surface area contributed by atoms with E-state index in [1.54, 1.807) is 0 Å². The van der Waals surface area contributed by atoms with Gasteiger partial charge in [-0.3, -0.25) is 15.1 Å². The molecule has 7 nitrogen and oxygen atoms in total. The Hall–Kier alpha value is -3.22. The second kappa shape index (κ2) is 11.0. The maximum atomic E-state index is 12.2. The Balaban J connectivity index is 1.71. The van der Waals surface area contributed by atoms with E-state index in [0.29, 0.717) is 25.7 Å². The van der Waals surface area contributed by atoms with E-state index in [9.17, 15) is 9.59 Å². The molecule has 0 aromatic heterocycles. The van der Waals surface area contributed by atoms with Gasteiger partial charge in [0.05, 0.1) is 23.2 Å². The summed E-state index contributed by atoms with van der Waals surface area (Å²) in [6.45, 7) is 11.1. The number of nitrogens with one attached hydrogen (secondary N) is 1. The van der Waals surface area contributed by atoms with Gasteiger partial charge in [0.1, 0.15) is 11.2 Å². The van der Waals surface area contributed by atoms with Gasteiger partial charge in [-0.2, -0.15) is 0 Å². The van der Waals surface area contributed by atoms with Crippen LogP contribution >= 0.6 is 0 Å². The van der Waals surface area contributed by atoms with Crippen molar-refractivity contribution in [1.82, 2.24) is 5.32 Å². The van der Waals surface area contributed by atoms with E-state index < -0.39 is 17.3 Å². The fraction of sp³-hybridized carbons (Fsp3) is 0.500. The Bertz CT molecular complexity index is 1050. The summed E-state index contributed by atoms with van der Waals surface area (Å²) in [5.41, 5.74) is 3.38. The SMILES string of the molecule is CC(C)(C)OC(=O)CCCCC1=NC2CC(NC(=O)OC(C)(C)C)=CC=C2N=C1c1ccccc1. The highest BCUT2D eigenvalue weighted by Crippen LogP contribution is 2.28. The fourth-order valence-electron chi connectivity index (χ4n) is 3.84. The second-order valence-electron chi connectivity index (χ2n) is 10.8. The Kier molecular flexibility index (Phi) is 8.30. The molecule has 0 saturated heterocycles. The zero-order valence-corrected chi connectivity index (χ0v) is 21.7. The van der Waals surface area contributed by atoms with Crippen LogP contribution in [0.1, 0.15) is 79.2 Å². The number of ether oxygens (including phenoxy) is 2. The molecule has 1 N–H and O–H groups in total. The van der Waals surface area contributed by atoms with E-state index in [0.717, 1.165) is 34.8 Å². The van der Waals surface area contributed by atoms with Crippen LogP contribution in [0.15, 0.2) is 63.9 Å². The molecule has 1 aliphatic carbocycles. The van der Waals surface area contributed by atoms with Crippen LogP contribution in [-0.4, -0.2) is 40.7 Å². The first-order valence-electron chi connectivity index (χ1n) is 12.2. The molecule has 2 aliphatic rings. The molecular formula is C28H37N3O4. The summed E-state index contributed by atoms with van der Waals surface area (Å²) in [7, 11) is 0. The summed E-state index contributed by atoms with van der Waals surface area (Å²) >= 11 is 0. The van der Waals surface area contributed by atoms with Crippen LogP contribution in [0.3, 0.4) is 0 Å². The number of carbonyl (C=O) groups is 2.